The summed E-state index contributed by atoms with van der Waals surface area (Å²) in [6, 6.07) is 10.5. The minimum absolute atomic E-state index is 0.655. The van der Waals surface area contributed by atoms with Crippen molar-refractivity contribution in [3.8, 4) is 0 Å². The van der Waals surface area contributed by atoms with Crippen molar-refractivity contribution in [2.45, 2.75) is 0 Å². The molecule has 0 fully saturated rings. The van der Waals surface area contributed by atoms with Gasteiger partial charge in [-0.1, -0.05) is 18.2 Å². The van der Waals surface area contributed by atoms with Crippen molar-refractivity contribution in [2.75, 3.05) is 6.61 Å². The average molecular weight is 224 g/mol. The number of aromatic nitrogens is 1. The van der Waals surface area contributed by atoms with Gasteiger partial charge < -0.3 is 4.74 Å². The quantitative estimate of drug-likeness (QED) is 0.679. The predicted molar refractivity (Wildman–Crippen MR) is 68.2 cm³/mol. The van der Waals surface area contributed by atoms with E-state index in [1.165, 1.54) is 10.9 Å². The molecule has 0 spiro atoms. The molecule has 0 unspecified atom stereocenters. The molecule has 17 heavy (non-hydrogen) atoms. The molecule has 1 aromatic heterocycles. The number of allylic oxidation sites excluding steroid dienone is 2. The first-order chi connectivity index (χ1) is 8.34. The zero-order valence-corrected chi connectivity index (χ0v) is 9.76. The Labute approximate surface area is 100 Å². The Bertz CT molecular complexity index is 626. The van der Waals surface area contributed by atoms with E-state index in [9.17, 15) is 0 Å². The van der Waals surface area contributed by atoms with E-state index in [0.29, 0.717) is 6.61 Å². The lowest BCUT2D eigenvalue weighted by atomic mass is 10.1. The number of fused-ring (bicyclic) bond motifs is 1. The smallest absolute Gasteiger partial charge is 0.212 e. The van der Waals surface area contributed by atoms with Crippen LogP contribution in [0.15, 0.2) is 54.8 Å². The molecule has 0 bridgehead atoms. The maximum absolute atomic E-state index is 5.63. The second-order valence-electron chi connectivity index (χ2n) is 4.17. The molecule has 1 aromatic carbocycles. The molecule has 2 nitrogen and oxygen atoms in total. The van der Waals surface area contributed by atoms with Crippen LogP contribution in [-0.4, -0.2) is 6.61 Å². The van der Waals surface area contributed by atoms with Gasteiger partial charge in [-0.2, -0.15) is 0 Å². The molecule has 0 radical (unpaired) electrons. The molecule has 1 aliphatic heterocycles. The molecule has 2 heterocycles. The van der Waals surface area contributed by atoms with Gasteiger partial charge in [-0.25, -0.2) is 4.57 Å². The van der Waals surface area contributed by atoms with Crippen molar-refractivity contribution >= 4 is 16.7 Å². The Kier molecular flexibility index (Phi) is 2.41. The summed E-state index contributed by atoms with van der Waals surface area (Å²) in [5.41, 5.74) is 2.35. The molecule has 84 valence electrons. The van der Waals surface area contributed by atoms with Crippen molar-refractivity contribution < 1.29 is 9.30 Å². The fourth-order valence-corrected chi connectivity index (χ4v) is 2.13. The van der Waals surface area contributed by atoms with Crippen LogP contribution >= 0.6 is 0 Å². The molecule has 0 saturated heterocycles. The average Bonchev–Trinajstić information content (AvgIpc) is 2.40. The Hall–Kier alpha value is -2.09. The summed E-state index contributed by atoms with van der Waals surface area (Å²) in [4.78, 5) is 0. The van der Waals surface area contributed by atoms with Gasteiger partial charge >= 0.3 is 0 Å². The molecule has 0 atom stereocenters. The van der Waals surface area contributed by atoms with E-state index in [4.69, 9.17) is 4.74 Å². The third-order valence-corrected chi connectivity index (χ3v) is 2.96. The van der Waals surface area contributed by atoms with E-state index >= 15 is 0 Å². The first kappa shape index (κ1) is 10.1. The van der Waals surface area contributed by atoms with E-state index in [2.05, 4.69) is 48.1 Å². The monoisotopic (exact) mass is 224 g/mol. The molecule has 0 saturated carbocycles. The Balaban J connectivity index is 2.18. The van der Waals surface area contributed by atoms with Crippen LogP contribution < -0.4 is 4.57 Å². The summed E-state index contributed by atoms with van der Waals surface area (Å²) >= 11 is 0. The number of nitrogens with zero attached hydrogens (tertiary/aromatic N) is 1. The highest BCUT2D eigenvalue weighted by atomic mass is 16.5. The van der Waals surface area contributed by atoms with Gasteiger partial charge in [0.2, 0.25) is 5.52 Å². The number of ether oxygens (including phenoxy) is 1. The molecule has 0 N–H and O–H groups in total. The summed E-state index contributed by atoms with van der Waals surface area (Å²) in [7, 11) is 2.06. The zero-order valence-electron chi connectivity index (χ0n) is 9.76. The Morgan fingerprint density at radius 1 is 1.24 bits per heavy atom. The maximum atomic E-state index is 5.63. The Morgan fingerprint density at radius 2 is 2.12 bits per heavy atom. The number of rotatable bonds is 1. The predicted octanol–water partition coefficient (Wildman–Crippen LogP) is 2.59. The van der Waals surface area contributed by atoms with Crippen molar-refractivity contribution in [2.24, 2.45) is 7.05 Å². The number of pyridine rings is 1. The van der Waals surface area contributed by atoms with Crippen LogP contribution in [0.3, 0.4) is 0 Å². The summed E-state index contributed by atoms with van der Waals surface area (Å²) in [6.45, 7) is 0.655. The summed E-state index contributed by atoms with van der Waals surface area (Å²) in [6.07, 6.45) is 8.15. The van der Waals surface area contributed by atoms with Crippen LogP contribution in [0, 0.1) is 0 Å². The number of aryl methyl sites for hydroxylation is 1. The summed E-state index contributed by atoms with van der Waals surface area (Å²) < 4.78 is 7.76. The van der Waals surface area contributed by atoms with Gasteiger partial charge in [0.25, 0.3) is 0 Å². The highest BCUT2D eigenvalue weighted by molar-refractivity contribution is 5.79. The largest absolute Gasteiger partial charge is 0.489 e. The molecule has 2 heteroatoms. The van der Waals surface area contributed by atoms with E-state index < -0.39 is 0 Å². The fourth-order valence-electron chi connectivity index (χ4n) is 2.13. The SMILES string of the molecule is C[n+]1cc(C2=CC=CCO2)cc2ccccc21. The fraction of sp³-hybridized carbons (Fsp3) is 0.133. The van der Waals surface area contributed by atoms with Crippen LogP contribution in [0.2, 0.25) is 0 Å². The van der Waals surface area contributed by atoms with Crippen LogP contribution in [0.4, 0.5) is 0 Å². The van der Waals surface area contributed by atoms with Crippen molar-refractivity contribution in [1.82, 2.24) is 0 Å². The molecule has 0 amide bonds. The van der Waals surface area contributed by atoms with Crippen LogP contribution in [0.1, 0.15) is 5.56 Å². The highest BCUT2D eigenvalue weighted by Crippen LogP contribution is 2.20. The first-order valence-corrected chi connectivity index (χ1v) is 5.73. The minimum Gasteiger partial charge on any atom is -0.489 e. The second-order valence-corrected chi connectivity index (χ2v) is 4.17. The molecular formula is C15H14NO+. The van der Waals surface area contributed by atoms with Crippen LogP contribution in [0.25, 0.3) is 16.7 Å². The third-order valence-electron chi connectivity index (χ3n) is 2.96. The zero-order chi connectivity index (χ0) is 11.7. The lowest BCUT2D eigenvalue weighted by molar-refractivity contribution is -0.645. The van der Waals surface area contributed by atoms with Crippen molar-refractivity contribution in [3.63, 3.8) is 0 Å². The van der Waals surface area contributed by atoms with Gasteiger partial charge in [0.05, 0.1) is 5.56 Å². The lowest BCUT2D eigenvalue weighted by Gasteiger charge is -2.10. The van der Waals surface area contributed by atoms with Crippen LogP contribution in [0.5, 0.6) is 0 Å². The van der Waals surface area contributed by atoms with Gasteiger partial charge in [-0.3, -0.25) is 0 Å². The molecule has 2 aromatic rings. The first-order valence-electron chi connectivity index (χ1n) is 5.73. The molecular weight excluding hydrogens is 210 g/mol. The summed E-state index contributed by atoms with van der Waals surface area (Å²) in [5.74, 6) is 0.939. The van der Waals surface area contributed by atoms with E-state index in [1.54, 1.807) is 0 Å². The number of para-hydroxylation sites is 1. The van der Waals surface area contributed by atoms with Crippen molar-refractivity contribution in [3.05, 3.63) is 60.3 Å². The van der Waals surface area contributed by atoms with E-state index in [0.717, 1.165) is 11.3 Å². The normalized spacial score (nSPS) is 14.5. The second kappa shape index (κ2) is 4.06. The molecule has 3 rings (SSSR count). The maximum Gasteiger partial charge on any atom is 0.212 e. The molecule has 1 aliphatic rings. The van der Waals surface area contributed by atoms with Gasteiger partial charge in [0.1, 0.15) is 19.4 Å². The van der Waals surface area contributed by atoms with Crippen molar-refractivity contribution in [1.29, 1.82) is 0 Å². The van der Waals surface area contributed by atoms with Gasteiger partial charge in [-0.15, -0.1) is 0 Å². The van der Waals surface area contributed by atoms with Gasteiger partial charge in [0, 0.05) is 11.5 Å². The number of benzene rings is 1. The van der Waals surface area contributed by atoms with Gasteiger partial charge in [0.15, 0.2) is 6.20 Å². The topological polar surface area (TPSA) is 13.1 Å². The number of hydrogen-bond acceptors (Lipinski definition) is 1. The third kappa shape index (κ3) is 1.82. The standard InChI is InChI=1S/C15H14NO/c1-16-11-13(15-8-4-5-9-17-15)10-12-6-2-3-7-14(12)16/h2-8,10-11H,9H2,1H3/q+1. The van der Waals surface area contributed by atoms with Gasteiger partial charge in [-0.05, 0) is 24.3 Å². The van der Waals surface area contributed by atoms with E-state index in [1.807, 2.05) is 18.2 Å². The summed E-state index contributed by atoms with van der Waals surface area (Å²) in [5, 5.41) is 1.23. The molecule has 0 aliphatic carbocycles. The highest BCUT2D eigenvalue weighted by Gasteiger charge is 2.12. The minimum atomic E-state index is 0.655. The van der Waals surface area contributed by atoms with E-state index in [-0.39, 0.29) is 0 Å². The Morgan fingerprint density at radius 3 is 2.94 bits per heavy atom. The van der Waals surface area contributed by atoms with Crippen LogP contribution in [-0.2, 0) is 11.8 Å². The lowest BCUT2D eigenvalue weighted by Crippen LogP contribution is -2.29. The number of hydrogen-bond donors (Lipinski definition) is 0.